The molecule has 1 unspecified atom stereocenters. The van der Waals surface area contributed by atoms with Crippen molar-refractivity contribution in [3.63, 3.8) is 0 Å². The lowest BCUT2D eigenvalue weighted by molar-refractivity contribution is -0.944. The third-order valence-corrected chi connectivity index (χ3v) is 8.84. The fourth-order valence-electron chi connectivity index (χ4n) is 7.67. The van der Waals surface area contributed by atoms with Crippen LogP contribution in [0.1, 0.15) is 11.1 Å². The van der Waals surface area contributed by atoms with Crippen LogP contribution in [-0.4, -0.2) is 13.8 Å². The predicted molar refractivity (Wildman–Crippen MR) is 135 cm³/mol. The molecule has 0 saturated carbocycles. The Morgan fingerprint density at radius 3 is 2.03 bits per heavy atom. The van der Waals surface area contributed by atoms with Crippen molar-refractivity contribution in [3.8, 4) is 11.5 Å². The molecule has 3 aliphatic heterocycles. The predicted octanol–water partition coefficient (Wildman–Crippen LogP) is 4.81. The summed E-state index contributed by atoms with van der Waals surface area (Å²) in [4.78, 5) is 4.48. The number of benzene rings is 3. The number of pyridine rings is 3. The molecule has 3 aromatic carbocycles. The molecule has 1 spiro atoms. The third kappa shape index (κ3) is 1.37. The molecule has 8 heterocycles. The van der Waals surface area contributed by atoms with Gasteiger partial charge in [-0.1, -0.05) is 18.2 Å². The van der Waals surface area contributed by atoms with E-state index in [9.17, 15) is 0 Å². The molecular weight excluding hydrogens is 446 g/mol. The zero-order chi connectivity index (χ0) is 22.9. The fourth-order valence-corrected chi connectivity index (χ4v) is 7.67. The molecule has 0 radical (unpaired) electrons. The number of para-hydroxylation sites is 1. The second kappa shape index (κ2) is 4.88. The maximum Gasteiger partial charge on any atom is 0.315 e. The van der Waals surface area contributed by atoms with E-state index >= 15 is 0 Å². The van der Waals surface area contributed by atoms with Crippen LogP contribution in [0, 0.1) is 0 Å². The van der Waals surface area contributed by atoms with Gasteiger partial charge in [0.15, 0.2) is 0 Å². The van der Waals surface area contributed by atoms with E-state index in [0.717, 1.165) is 22.4 Å². The van der Waals surface area contributed by atoms with E-state index < -0.39 is 5.66 Å². The molecule has 0 aliphatic carbocycles. The molecule has 11 rings (SSSR count). The molecule has 0 saturated heterocycles. The average Bonchev–Trinajstić information content (AvgIpc) is 3.68. The molecule has 0 fully saturated rings. The first-order chi connectivity index (χ1) is 17.9. The SMILES string of the molecule is c1ccc2c(c1)c1ccc3c4c1c1n2cc[n+]1C41c2c(ccc4c5cnccc5n5cc[n+]1c5c24)O3. The summed E-state index contributed by atoms with van der Waals surface area (Å²) in [7, 11) is 0. The monoisotopic (exact) mass is 461 g/mol. The Morgan fingerprint density at radius 1 is 0.667 bits per heavy atom. The van der Waals surface area contributed by atoms with Gasteiger partial charge in [0.1, 0.15) is 58.4 Å². The maximum absolute atomic E-state index is 6.71. The number of hydrogen-bond donors (Lipinski definition) is 0. The van der Waals surface area contributed by atoms with Crippen LogP contribution < -0.4 is 13.9 Å². The standard InChI is InChI=1S/C30H15N5O/c1-2-4-20-16(3-1)17-5-7-22-26-24(17)28-32(20)11-13-34(28)30(26)27-23(36-22)8-6-18-19-15-31-10-9-21(19)33-12-14-35(30)29(33)25(18)27/h1-15H/q+2. The van der Waals surface area contributed by atoms with Gasteiger partial charge in [0.2, 0.25) is 0 Å². The van der Waals surface area contributed by atoms with Gasteiger partial charge in [-0.25, -0.2) is 0 Å². The number of nitrogens with zero attached hydrogens (tertiary/aromatic N) is 5. The Morgan fingerprint density at radius 2 is 1.31 bits per heavy atom. The van der Waals surface area contributed by atoms with E-state index in [1.165, 1.54) is 54.9 Å². The van der Waals surface area contributed by atoms with E-state index in [1.54, 1.807) is 0 Å². The highest BCUT2D eigenvalue weighted by Gasteiger charge is 2.65. The molecular formula is C30H15N5O+2. The minimum atomic E-state index is -0.543. The van der Waals surface area contributed by atoms with Crippen LogP contribution in [0.25, 0.3) is 54.6 Å². The molecule has 0 N–H and O–H groups in total. The summed E-state index contributed by atoms with van der Waals surface area (Å²) in [6.07, 6.45) is 12.8. The number of aromatic nitrogens is 5. The molecule has 5 aromatic heterocycles. The lowest BCUT2D eigenvalue weighted by Gasteiger charge is -2.30. The van der Waals surface area contributed by atoms with Crippen molar-refractivity contribution in [2.45, 2.75) is 5.66 Å². The van der Waals surface area contributed by atoms with Gasteiger partial charge in [-0.15, -0.1) is 0 Å². The van der Waals surface area contributed by atoms with Crippen LogP contribution in [0.4, 0.5) is 0 Å². The van der Waals surface area contributed by atoms with Gasteiger partial charge in [-0.3, -0.25) is 4.98 Å². The Kier molecular flexibility index (Phi) is 2.25. The van der Waals surface area contributed by atoms with Gasteiger partial charge >= 0.3 is 5.66 Å². The Hall–Kier alpha value is -4.97. The van der Waals surface area contributed by atoms with Crippen LogP contribution in [0.15, 0.2) is 91.8 Å². The van der Waals surface area contributed by atoms with Crippen LogP contribution in [0.2, 0.25) is 0 Å². The van der Waals surface area contributed by atoms with E-state index in [4.69, 9.17) is 4.74 Å². The van der Waals surface area contributed by atoms with Gasteiger partial charge in [-0.05, 0) is 30.3 Å². The first kappa shape index (κ1) is 16.6. The Bertz CT molecular complexity index is 2240. The number of rotatable bonds is 0. The summed E-state index contributed by atoms with van der Waals surface area (Å²) in [6.45, 7) is 0. The first-order valence-electron chi connectivity index (χ1n) is 12.2. The van der Waals surface area contributed by atoms with E-state index in [1.807, 2.05) is 12.4 Å². The van der Waals surface area contributed by atoms with Crippen molar-refractivity contribution in [2.75, 3.05) is 0 Å². The largest absolute Gasteiger partial charge is 0.456 e. The second-order valence-electron chi connectivity index (χ2n) is 10.1. The van der Waals surface area contributed by atoms with Crippen molar-refractivity contribution in [2.24, 2.45) is 0 Å². The van der Waals surface area contributed by atoms with Crippen LogP contribution in [0.3, 0.4) is 0 Å². The lowest BCUT2D eigenvalue weighted by atomic mass is 9.85. The molecule has 8 aromatic rings. The zero-order valence-corrected chi connectivity index (χ0v) is 18.8. The molecule has 3 aliphatic rings. The van der Waals surface area contributed by atoms with Gasteiger partial charge in [-0.2, -0.15) is 17.9 Å². The zero-order valence-electron chi connectivity index (χ0n) is 18.8. The number of ether oxygens (including phenoxy) is 1. The average molecular weight is 461 g/mol. The highest BCUT2D eigenvalue weighted by Crippen LogP contribution is 2.57. The molecule has 6 nitrogen and oxygen atoms in total. The summed E-state index contributed by atoms with van der Waals surface area (Å²) in [5, 5.41) is 7.40. The quantitative estimate of drug-likeness (QED) is 0.240. The minimum absolute atomic E-state index is 0.543. The van der Waals surface area contributed by atoms with Gasteiger partial charge in [0.25, 0.3) is 11.3 Å². The highest BCUT2D eigenvalue weighted by molar-refractivity contribution is 6.17. The Labute approximate surface area is 202 Å². The molecule has 1 atom stereocenters. The summed E-state index contributed by atoms with van der Waals surface area (Å²) in [6, 6.07) is 19.6. The molecule has 0 amide bonds. The van der Waals surface area contributed by atoms with Crippen LogP contribution in [-0.2, 0) is 5.66 Å². The minimum Gasteiger partial charge on any atom is -0.456 e. The molecule has 0 bridgehead atoms. The number of hydrogen-bond acceptors (Lipinski definition) is 2. The maximum atomic E-state index is 6.71. The first-order valence-corrected chi connectivity index (χ1v) is 12.2. The van der Waals surface area contributed by atoms with Crippen molar-refractivity contribution >= 4 is 54.6 Å². The normalized spacial score (nSPS) is 18.3. The van der Waals surface area contributed by atoms with E-state index in [-0.39, 0.29) is 0 Å². The van der Waals surface area contributed by atoms with Crippen molar-refractivity contribution < 1.29 is 13.9 Å². The lowest BCUT2D eigenvalue weighted by Crippen LogP contribution is -2.71. The molecule has 36 heavy (non-hydrogen) atoms. The smallest absolute Gasteiger partial charge is 0.315 e. The van der Waals surface area contributed by atoms with Gasteiger partial charge in [0.05, 0.1) is 10.8 Å². The summed E-state index contributed by atoms with van der Waals surface area (Å²) in [5.41, 5.74) is 6.69. The highest BCUT2D eigenvalue weighted by atomic mass is 16.5. The summed E-state index contributed by atoms with van der Waals surface area (Å²) in [5.74, 6) is 1.86. The van der Waals surface area contributed by atoms with Gasteiger partial charge in [0, 0.05) is 40.0 Å². The summed E-state index contributed by atoms with van der Waals surface area (Å²) < 4.78 is 16.3. The topological polar surface area (TPSA) is 38.7 Å². The molecule has 164 valence electrons. The second-order valence-corrected chi connectivity index (χ2v) is 10.1. The van der Waals surface area contributed by atoms with Crippen LogP contribution >= 0.6 is 0 Å². The van der Waals surface area contributed by atoms with Crippen molar-refractivity contribution in [1.82, 2.24) is 13.8 Å². The van der Waals surface area contributed by atoms with Gasteiger partial charge < -0.3 is 4.74 Å². The van der Waals surface area contributed by atoms with Crippen molar-refractivity contribution in [1.29, 1.82) is 0 Å². The summed E-state index contributed by atoms with van der Waals surface area (Å²) >= 11 is 0. The molecule has 6 heteroatoms. The van der Waals surface area contributed by atoms with E-state index in [2.05, 4.69) is 102 Å². The Balaban J connectivity index is 1.50. The fraction of sp³-hybridized carbons (Fsp3) is 0.0333. The van der Waals surface area contributed by atoms with Crippen molar-refractivity contribution in [3.05, 3.63) is 103 Å². The van der Waals surface area contributed by atoms with E-state index in [0.29, 0.717) is 0 Å². The van der Waals surface area contributed by atoms with Crippen LogP contribution in [0.5, 0.6) is 11.5 Å². The third-order valence-electron chi connectivity index (χ3n) is 8.84. The number of imidazole rings is 2. The number of fused-ring (bicyclic) bond motifs is 6.